The Morgan fingerprint density at radius 2 is 1.86 bits per heavy atom. The van der Waals surface area contributed by atoms with Gasteiger partial charge in [0.05, 0.1) is 11.5 Å². The van der Waals surface area contributed by atoms with Crippen molar-refractivity contribution in [1.29, 1.82) is 0 Å². The molecule has 1 heterocycles. The van der Waals surface area contributed by atoms with Crippen molar-refractivity contribution in [2.24, 2.45) is 0 Å². The van der Waals surface area contributed by atoms with Crippen LogP contribution in [-0.4, -0.2) is 37.7 Å². The van der Waals surface area contributed by atoms with Gasteiger partial charge in [-0.05, 0) is 13.3 Å². The highest BCUT2D eigenvalue weighted by molar-refractivity contribution is 7.91. The second kappa shape index (κ2) is 6.39. The number of hydrogen-bond donors (Lipinski definition) is 1. The van der Waals surface area contributed by atoms with Gasteiger partial charge in [0, 0.05) is 24.4 Å². The van der Waals surface area contributed by atoms with Crippen LogP contribution < -0.4 is 5.32 Å². The zero-order valence-electron chi connectivity index (χ0n) is 12.0. The molecule has 5 nitrogen and oxygen atoms in total. The van der Waals surface area contributed by atoms with Crippen LogP contribution in [0.1, 0.15) is 35.2 Å². The number of benzene rings is 1. The molecule has 0 aliphatic carbocycles. The van der Waals surface area contributed by atoms with E-state index in [1.54, 1.807) is 12.1 Å². The first-order valence-electron chi connectivity index (χ1n) is 6.95. The summed E-state index contributed by atoms with van der Waals surface area (Å²) in [4.78, 5) is 23.7. The summed E-state index contributed by atoms with van der Waals surface area (Å²) in [5, 5.41) is 2.68. The molecule has 0 spiro atoms. The molecule has 2 rings (SSSR count). The Morgan fingerprint density at radius 1 is 1.19 bits per heavy atom. The predicted molar refractivity (Wildman–Crippen MR) is 79.9 cm³/mol. The van der Waals surface area contributed by atoms with E-state index < -0.39 is 9.84 Å². The second-order valence-electron chi connectivity index (χ2n) is 5.46. The third kappa shape index (κ3) is 4.67. The number of sulfone groups is 1. The molecule has 21 heavy (non-hydrogen) atoms. The standard InChI is InChI=1S/C15H19NO4S/c1-11-2-4-12(5-3-11)14(17)6-7-15(18)16-13-8-9-21(19,20)10-13/h2-5,13H,6-10H2,1H3,(H,16,18). The molecule has 0 saturated carbocycles. The van der Waals surface area contributed by atoms with Crippen LogP contribution in [0.2, 0.25) is 0 Å². The van der Waals surface area contributed by atoms with Gasteiger partial charge in [-0.2, -0.15) is 0 Å². The average Bonchev–Trinajstić information content (AvgIpc) is 2.76. The lowest BCUT2D eigenvalue weighted by Gasteiger charge is -2.10. The van der Waals surface area contributed by atoms with Crippen molar-refractivity contribution in [3.8, 4) is 0 Å². The minimum Gasteiger partial charge on any atom is -0.352 e. The van der Waals surface area contributed by atoms with E-state index in [4.69, 9.17) is 0 Å². The molecule has 1 aliphatic rings. The maximum atomic E-state index is 11.9. The number of nitrogens with one attached hydrogen (secondary N) is 1. The van der Waals surface area contributed by atoms with Crippen LogP contribution >= 0.6 is 0 Å². The first kappa shape index (κ1) is 15.7. The number of hydrogen-bond acceptors (Lipinski definition) is 4. The summed E-state index contributed by atoms with van der Waals surface area (Å²) in [5.41, 5.74) is 1.67. The van der Waals surface area contributed by atoms with Gasteiger partial charge in [0.2, 0.25) is 5.91 Å². The van der Waals surface area contributed by atoms with E-state index in [1.807, 2.05) is 19.1 Å². The van der Waals surface area contributed by atoms with E-state index in [0.29, 0.717) is 12.0 Å². The first-order valence-corrected chi connectivity index (χ1v) is 8.77. The Balaban J connectivity index is 1.79. The van der Waals surface area contributed by atoms with Crippen LogP contribution in [0.25, 0.3) is 0 Å². The monoisotopic (exact) mass is 309 g/mol. The molecule has 1 aromatic carbocycles. The van der Waals surface area contributed by atoms with E-state index in [1.165, 1.54) is 0 Å². The van der Waals surface area contributed by atoms with Crippen LogP contribution in [0.5, 0.6) is 0 Å². The van der Waals surface area contributed by atoms with E-state index in [2.05, 4.69) is 5.32 Å². The summed E-state index contributed by atoms with van der Waals surface area (Å²) in [6.07, 6.45) is 0.678. The van der Waals surface area contributed by atoms with Crippen LogP contribution in [0.4, 0.5) is 0 Å². The highest BCUT2D eigenvalue weighted by Crippen LogP contribution is 2.12. The van der Waals surface area contributed by atoms with Gasteiger partial charge in [0.1, 0.15) is 0 Å². The number of Topliss-reactive ketones (excluding diaryl/α,β-unsaturated/α-hetero) is 1. The average molecular weight is 309 g/mol. The van der Waals surface area contributed by atoms with Gasteiger partial charge in [-0.25, -0.2) is 8.42 Å². The third-order valence-electron chi connectivity index (χ3n) is 3.55. The second-order valence-corrected chi connectivity index (χ2v) is 7.69. The van der Waals surface area contributed by atoms with Gasteiger partial charge in [0.25, 0.3) is 0 Å². The normalized spacial score (nSPS) is 20.1. The fourth-order valence-corrected chi connectivity index (χ4v) is 3.99. The quantitative estimate of drug-likeness (QED) is 0.830. The van der Waals surface area contributed by atoms with Gasteiger partial charge >= 0.3 is 0 Å². The Bertz CT molecular complexity index is 634. The third-order valence-corrected chi connectivity index (χ3v) is 5.32. The largest absolute Gasteiger partial charge is 0.352 e. The molecule has 6 heteroatoms. The Morgan fingerprint density at radius 3 is 2.43 bits per heavy atom. The molecule has 1 aliphatic heterocycles. The number of rotatable bonds is 5. The minimum atomic E-state index is -3.00. The molecule has 1 N–H and O–H groups in total. The lowest BCUT2D eigenvalue weighted by Crippen LogP contribution is -2.35. The summed E-state index contributed by atoms with van der Waals surface area (Å²) in [6, 6.07) is 6.91. The summed E-state index contributed by atoms with van der Waals surface area (Å²) in [7, 11) is -3.00. The summed E-state index contributed by atoms with van der Waals surface area (Å²) in [6.45, 7) is 1.94. The molecule has 0 radical (unpaired) electrons. The van der Waals surface area contributed by atoms with Crippen molar-refractivity contribution in [2.75, 3.05) is 11.5 Å². The lowest BCUT2D eigenvalue weighted by molar-refractivity contribution is -0.121. The van der Waals surface area contributed by atoms with Crippen LogP contribution in [-0.2, 0) is 14.6 Å². The molecule has 1 amide bonds. The summed E-state index contributed by atoms with van der Waals surface area (Å²) < 4.78 is 22.6. The molecule has 1 aromatic rings. The highest BCUT2D eigenvalue weighted by Gasteiger charge is 2.28. The molecule has 1 atom stereocenters. The van der Waals surface area contributed by atoms with Crippen molar-refractivity contribution >= 4 is 21.5 Å². The number of ketones is 1. The van der Waals surface area contributed by atoms with Crippen molar-refractivity contribution in [2.45, 2.75) is 32.2 Å². The molecule has 1 fully saturated rings. The summed E-state index contributed by atoms with van der Waals surface area (Å²) >= 11 is 0. The smallest absolute Gasteiger partial charge is 0.220 e. The van der Waals surface area contributed by atoms with Crippen molar-refractivity contribution < 1.29 is 18.0 Å². The van der Waals surface area contributed by atoms with Gasteiger partial charge < -0.3 is 5.32 Å². The topological polar surface area (TPSA) is 80.3 Å². The maximum Gasteiger partial charge on any atom is 0.220 e. The summed E-state index contributed by atoms with van der Waals surface area (Å²) in [5.74, 6) is -0.216. The number of amides is 1. The molecule has 0 bridgehead atoms. The van der Waals surface area contributed by atoms with Gasteiger partial charge in [-0.15, -0.1) is 0 Å². The van der Waals surface area contributed by atoms with Crippen LogP contribution in [0.3, 0.4) is 0 Å². The Hall–Kier alpha value is -1.69. The number of carbonyl (C=O) groups excluding carboxylic acids is 2. The maximum absolute atomic E-state index is 11.9. The molecule has 1 unspecified atom stereocenters. The zero-order chi connectivity index (χ0) is 15.5. The van der Waals surface area contributed by atoms with E-state index in [9.17, 15) is 18.0 Å². The molecular formula is C15H19NO4S. The predicted octanol–water partition coefficient (Wildman–Crippen LogP) is 1.26. The van der Waals surface area contributed by atoms with Gasteiger partial charge in [0.15, 0.2) is 15.6 Å². The fraction of sp³-hybridized carbons (Fsp3) is 0.467. The van der Waals surface area contributed by atoms with Crippen LogP contribution in [0.15, 0.2) is 24.3 Å². The zero-order valence-corrected chi connectivity index (χ0v) is 12.8. The lowest BCUT2D eigenvalue weighted by atomic mass is 10.0. The van der Waals surface area contributed by atoms with Gasteiger partial charge in [-0.3, -0.25) is 9.59 Å². The Labute approximate surface area is 124 Å². The van der Waals surface area contributed by atoms with E-state index in [0.717, 1.165) is 5.56 Å². The van der Waals surface area contributed by atoms with Crippen molar-refractivity contribution in [1.82, 2.24) is 5.32 Å². The number of carbonyl (C=O) groups is 2. The SMILES string of the molecule is Cc1ccc(C(=O)CCC(=O)NC2CCS(=O)(=O)C2)cc1. The first-order chi connectivity index (χ1) is 9.85. The molecule has 0 aromatic heterocycles. The van der Waals surface area contributed by atoms with Gasteiger partial charge in [-0.1, -0.05) is 29.8 Å². The fourth-order valence-electron chi connectivity index (χ4n) is 2.32. The molecular weight excluding hydrogens is 290 g/mol. The van der Waals surface area contributed by atoms with E-state index >= 15 is 0 Å². The van der Waals surface area contributed by atoms with Crippen LogP contribution in [0, 0.1) is 6.92 Å². The Kier molecular flexibility index (Phi) is 4.77. The van der Waals surface area contributed by atoms with E-state index in [-0.39, 0.29) is 42.1 Å². The highest BCUT2D eigenvalue weighted by atomic mass is 32.2. The molecule has 1 saturated heterocycles. The minimum absolute atomic E-state index is 0.00461. The van der Waals surface area contributed by atoms with Crippen molar-refractivity contribution in [3.05, 3.63) is 35.4 Å². The molecule has 114 valence electrons. The van der Waals surface area contributed by atoms with Crippen molar-refractivity contribution in [3.63, 3.8) is 0 Å². The number of aryl methyl sites for hydroxylation is 1.